The Morgan fingerprint density at radius 1 is 1.19 bits per heavy atom. The predicted octanol–water partition coefficient (Wildman–Crippen LogP) is 1.08. The van der Waals surface area contributed by atoms with Gasteiger partial charge in [0.15, 0.2) is 0 Å². The first-order valence-electron chi connectivity index (χ1n) is 12.6. The van der Waals surface area contributed by atoms with Crippen LogP contribution in [-0.2, 0) is 23.9 Å². The Labute approximate surface area is 212 Å². The zero-order valence-corrected chi connectivity index (χ0v) is 22.1. The molecule has 3 aliphatic heterocycles. The van der Waals surface area contributed by atoms with Gasteiger partial charge in [-0.15, -0.1) is 0 Å². The molecule has 0 saturated carbocycles. The van der Waals surface area contributed by atoms with Crippen molar-refractivity contribution >= 4 is 23.8 Å². The van der Waals surface area contributed by atoms with Crippen molar-refractivity contribution in [2.24, 2.45) is 17.3 Å². The van der Waals surface area contributed by atoms with Crippen molar-refractivity contribution in [3.05, 3.63) is 0 Å². The van der Waals surface area contributed by atoms with Crippen LogP contribution < -0.4 is 16.0 Å². The highest BCUT2D eigenvalue weighted by molar-refractivity contribution is 5.93. The van der Waals surface area contributed by atoms with Gasteiger partial charge in [0.25, 0.3) is 0 Å². The fourth-order valence-electron chi connectivity index (χ4n) is 5.11. The zero-order chi connectivity index (χ0) is 26.8. The molecule has 6 atom stereocenters. The summed E-state index contributed by atoms with van der Waals surface area (Å²) in [5.41, 5.74) is -1.41. The minimum Gasteiger partial charge on any atom is -0.444 e. The number of ether oxygens (including phenoxy) is 2. The third-order valence-corrected chi connectivity index (χ3v) is 6.86. The van der Waals surface area contributed by atoms with E-state index in [0.29, 0.717) is 26.0 Å². The highest BCUT2D eigenvalue weighted by Gasteiger charge is 2.53. The van der Waals surface area contributed by atoms with Crippen LogP contribution in [0.3, 0.4) is 0 Å². The molecule has 3 saturated heterocycles. The molecule has 0 aromatic rings. The molecule has 3 heterocycles. The molecule has 11 nitrogen and oxygen atoms in total. The number of hydrogen-bond donors (Lipinski definition) is 3. The third-order valence-electron chi connectivity index (χ3n) is 6.86. The summed E-state index contributed by atoms with van der Waals surface area (Å²) in [5, 5.41) is 17.9. The molecule has 0 aliphatic carbocycles. The van der Waals surface area contributed by atoms with E-state index in [2.05, 4.69) is 22.0 Å². The van der Waals surface area contributed by atoms with E-state index in [1.54, 1.807) is 20.8 Å². The molecular formula is C25H39N5O6. The Kier molecular flexibility index (Phi) is 8.18. The first-order chi connectivity index (χ1) is 16.7. The average molecular weight is 506 g/mol. The van der Waals surface area contributed by atoms with E-state index in [0.717, 1.165) is 0 Å². The number of hydrogen-bond acceptors (Lipinski definition) is 7. The second kappa shape index (κ2) is 10.6. The first-order valence-corrected chi connectivity index (χ1v) is 12.6. The first kappa shape index (κ1) is 27.7. The quantitative estimate of drug-likeness (QED) is 0.489. The SMILES string of the molecule is CC(C)(C)OC(=O)N[C@H](C(=O)N1C[C@@H]2OCC[C@@H]2[C@H]1C(=O)N[C@H](C#N)C[C@@H]1CCNC1=O)C(C)(C)C. The number of rotatable bonds is 6. The molecule has 0 radical (unpaired) electrons. The van der Waals surface area contributed by atoms with Crippen molar-refractivity contribution in [3.8, 4) is 6.07 Å². The van der Waals surface area contributed by atoms with Crippen molar-refractivity contribution in [1.29, 1.82) is 5.26 Å². The van der Waals surface area contributed by atoms with Gasteiger partial charge in [-0.3, -0.25) is 14.4 Å². The van der Waals surface area contributed by atoms with Crippen LogP contribution in [0.1, 0.15) is 60.8 Å². The maximum absolute atomic E-state index is 13.8. The van der Waals surface area contributed by atoms with Gasteiger partial charge >= 0.3 is 6.09 Å². The zero-order valence-electron chi connectivity index (χ0n) is 22.1. The second-order valence-corrected chi connectivity index (χ2v) is 11.9. The van der Waals surface area contributed by atoms with E-state index in [4.69, 9.17) is 9.47 Å². The highest BCUT2D eigenvalue weighted by atomic mass is 16.6. The maximum Gasteiger partial charge on any atom is 0.408 e. The van der Waals surface area contributed by atoms with Gasteiger partial charge in [-0.05, 0) is 45.4 Å². The van der Waals surface area contributed by atoms with E-state index >= 15 is 0 Å². The molecule has 11 heteroatoms. The molecule has 0 aromatic carbocycles. The number of nitrogens with zero attached hydrogens (tertiary/aromatic N) is 2. The lowest BCUT2D eigenvalue weighted by Crippen LogP contribution is -2.59. The average Bonchev–Trinajstić information content (AvgIpc) is 3.45. The van der Waals surface area contributed by atoms with E-state index in [1.807, 2.05) is 20.8 Å². The van der Waals surface area contributed by atoms with Crippen molar-refractivity contribution in [1.82, 2.24) is 20.9 Å². The molecule has 3 aliphatic rings. The van der Waals surface area contributed by atoms with Gasteiger partial charge in [-0.2, -0.15) is 5.26 Å². The molecule has 3 fully saturated rings. The Hall–Kier alpha value is -2.87. The molecule has 200 valence electrons. The monoisotopic (exact) mass is 505 g/mol. The molecule has 3 rings (SSSR count). The summed E-state index contributed by atoms with van der Waals surface area (Å²) >= 11 is 0. The lowest BCUT2D eigenvalue weighted by atomic mass is 9.85. The Morgan fingerprint density at radius 3 is 2.44 bits per heavy atom. The molecular weight excluding hydrogens is 466 g/mol. The molecule has 36 heavy (non-hydrogen) atoms. The summed E-state index contributed by atoms with van der Waals surface area (Å²) in [6.07, 6.45) is 0.418. The van der Waals surface area contributed by atoms with Gasteiger partial charge in [0.2, 0.25) is 17.7 Å². The van der Waals surface area contributed by atoms with E-state index in [9.17, 15) is 24.4 Å². The van der Waals surface area contributed by atoms with Crippen LogP contribution in [0.5, 0.6) is 0 Å². The van der Waals surface area contributed by atoms with Crippen LogP contribution in [0.2, 0.25) is 0 Å². The number of nitriles is 1. The van der Waals surface area contributed by atoms with E-state index in [-0.39, 0.29) is 36.8 Å². The second-order valence-electron chi connectivity index (χ2n) is 11.9. The minimum absolute atomic E-state index is 0.118. The largest absolute Gasteiger partial charge is 0.444 e. The molecule has 0 spiro atoms. The van der Waals surface area contributed by atoms with Crippen LogP contribution in [0.25, 0.3) is 0 Å². The molecule has 0 bridgehead atoms. The number of amides is 4. The Balaban J connectivity index is 1.79. The molecule has 0 aromatic heterocycles. The highest BCUT2D eigenvalue weighted by Crippen LogP contribution is 2.36. The standard InChI is InChI=1S/C25H39N5O6/c1-24(2,3)19(29-23(34)36-25(4,5)6)22(33)30-13-17-16(8-10-35-17)18(30)21(32)28-15(12-26)11-14-7-9-27-20(14)31/h14-19H,7-11,13H2,1-6H3,(H,27,31)(H,28,32)(H,29,34)/t14-,15-,16-,17-,18-,19+/m0/s1. The van der Waals surface area contributed by atoms with Gasteiger partial charge in [0.05, 0.1) is 12.2 Å². The smallest absolute Gasteiger partial charge is 0.408 e. The van der Waals surface area contributed by atoms with Crippen molar-refractivity contribution < 1.29 is 28.7 Å². The number of nitrogens with one attached hydrogen (secondary N) is 3. The fraction of sp³-hybridized carbons (Fsp3) is 0.800. The van der Waals surface area contributed by atoms with Crippen LogP contribution in [0, 0.1) is 28.6 Å². The van der Waals surface area contributed by atoms with Gasteiger partial charge in [0, 0.05) is 31.5 Å². The van der Waals surface area contributed by atoms with Crippen LogP contribution in [-0.4, -0.2) is 78.2 Å². The lowest BCUT2D eigenvalue weighted by Gasteiger charge is -2.36. The fourth-order valence-corrected chi connectivity index (χ4v) is 5.11. The summed E-state index contributed by atoms with van der Waals surface area (Å²) in [4.78, 5) is 53.3. The summed E-state index contributed by atoms with van der Waals surface area (Å²) < 4.78 is 11.2. The van der Waals surface area contributed by atoms with Gasteiger partial charge in [-0.25, -0.2) is 4.79 Å². The number of fused-ring (bicyclic) bond motifs is 1. The van der Waals surface area contributed by atoms with E-state index < -0.39 is 47.0 Å². The van der Waals surface area contributed by atoms with Crippen molar-refractivity contribution in [2.75, 3.05) is 19.7 Å². The third kappa shape index (κ3) is 6.46. The van der Waals surface area contributed by atoms with Gasteiger partial charge in [-0.1, -0.05) is 20.8 Å². The van der Waals surface area contributed by atoms with Crippen LogP contribution in [0.4, 0.5) is 4.79 Å². The Morgan fingerprint density at radius 2 is 1.89 bits per heavy atom. The molecule has 0 unspecified atom stereocenters. The minimum atomic E-state index is -0.949. The Bertz CT molecular complexity index is 917. The van der Waals surface area contributed by atoms with Gasteiger partial charge < -0.3 is 30.3 Å². The van der Waals surface area contributed by atoms with Gasteiger partial charge in [0.1, 0.15) is 23.7 Å². The molecule has 4 amide bonds. The lowest BCUT2D eigenvalue weighted by molar-refractivity contribution is -0.143. The van der Waals surface area contributed by atoms with Crippen LogP contribution >= 0.6 is 0 Å². The summed E-state index contributed by atoms with van der Waals surface area (Å²) in [6.45, 7) is 12.0. The van der Waals surface area contributed by atoms with E-state index in [1.165, 1.54) is 4.90 Å². The summed E-state index contributed by atoms with van der Waals surface area (Å²) in [6, 6.07) is -0.569. The maximum atomic E-state index is 13.8. The van der Waals surface area contributed by atoms with Crippen molar-refractivity contribution in [3.63, 3.8) is 0 Å². The van der Waals surface area contributed by atoms with Crippen molar-refractivity contribution in [2.45, 2.75) is 90.6 Å². The summed E-state index contributed by atoms with van der Waals surface area (Å²) in [5.74, 6) is -1.52. The topological polar surface area (TPSA) is 150 Å². The number of likely N-dealkylation sites (tertiary alicyclic amines) is 1. The predicted molar refractivity (Wildman–Crippen MR) is 129 cm³/mol. The normalized spacial score (nSPS) is 27.5. The number of carbonyl (C=O) groups excluding carboxylic acids is 4. The number of alkyl carbamates (subject to hydrolysis) is 1. The summed E-state index contributed by atoms with van der Waals surface area (Å²) in [7, 11) is 0. The molecule has 3 N–H and O–H groups in total. The number of carbonyl (C=O) groups is 4. The van der Waals surface area contributed by atoms with Crippen LogP contribution in [0.15, 0.2) is 0 Å².